The van der Waals surface area contributed by atoms with Crippen molar-refractivity contribution >= 4 is 44.7 Å². The van der Waals surface area contributed by atoms with E-state index in [0.717, 1.165) is 38.5 Å². The molecule has 1 aliphatic heterocycles. The lowest BCUT2D eigenvalue weighted by Crippen LogP contribution is -2.42. The molecule has 4 aromatic rings. The van der Waals surface area contributed by atoms with Crippen molar-refractivity contribution in [3.8, 4) is 5.75 Å². The van der Waals surface area contributed by atoms with Crippen LogP contribution in [0.1, 0.15) is 33.3 Å². The Labute approximate surface area is 187 Å². The Morgan fingerprint density at radius 2 is 1.62 bits per heavy atom. The van der Waals surface area contributed by atoms with Gasteiger partial charge in [-0.15, -0.1) is 0 Å². The highest BCUT2D eigenvalue weighted by Crippen LogP contribution is 2.35. The lowest BCUT2D eigenvalue weighted by Gasteiger charge is -2.30. The van der Waals surface area contributed by atoms with Crippen molar-refractivity contribution in [1.29, 1.82) is 0 Å². The molecule has 5 nitrogen and oxygen atoms in total. The maximum atomic E-state index is 12.8. The number of carbonyl (C=O) groups excluding carboxylic acids is 1. The minimum absolute atomic E-state index is 0.0450. The van der Waals surface area contributed by atoms with Gasteiger partial charge >= 0.3 is 6.09 Å². The van der Waals surface area contributed by atoms with Gasteiger partial charge in [0, 0.05) is 28.4 Å². The molecule has 0 radical (unpaired) electrons. The molecule has 1 amide bonds. The van der Waals surface area contributed by atoms with E-state index in [2.05, 4.69) is 30.3 Å². The van der Waals surface area contributed by atoms with Crippen LogP contribution in [0.25, 0.3) is 38.7 Å². The summed E-state index contributed by atoms with van der Waals surface area (Å²) in [6, 6.07) is 18.8. The predicted molar refractivity (Wildman–Crippen MR) is 129 cm³/mol. The largest absolute Gasteiger partial charge is 0.485 e. The van der Waals surface area contributed by atoms with Crippen LogP contribution < -0.4 is 4.74 Å². The van der Waals surface area contributed by atoms with Gasteiger partial charge in [0.15, 0.2) is 0 Å². The number of rotatable bonds is 3. The highest BCUT2D eigenvalue weighted by atomic mass is 16.6. The first-order valence-corrected chi connectivity index (χ1v) is 11.0. The first kappa shape index (κ1) is 20.3. The molecule has 5 rings (SSSR count). The van der Waals surface area contributed by atoms with Crippen molar-refractivity contribution in [2.24, 2.45) is 0 Å². The smallest absolute Gasteiger partial charge is 0.415 e. The molecular formula is C27H26N2O3. The zero-order valence-electron chi connectivity index (χ0n) is 18.8. The molecule has 0 N–H and O–H groups in total. The number of benzene rings is 3. The molecule has 0 aliphatic carbocycles. The molecule has 32 heavy (non-hydrogen) atoms. The van der Waals surface area contributed by atoms with E-state index in [0.29, 0.717) is 5.76 Å². The maximum absolute atomic E-state index is 12.8. The van der Waals surface area contributed by atoms with E-state index >= 15 is 0 Å². The Morgan fingerprint density at radius 3 is 2.34 bits per heavy atom. The van der Waals surface area contributed by atoms with Crippen molar-refractivity contribution in [3.63, 3.8) is 0 Å². The molecule has 0 saturated heterocycles. The van der Waals surface area contributed by atoms with Crippen LogP contribution in [-0.2, 0) is 4.74 Å². The minimum Gasteiger partial charge on any atom is -0.485 e. The zero-order valence-corrected chi connectivity index (χ0v) is 18.8. The maximum Gasteiger partial charge on any atom is 0.415 e. The standard InChI is InChI=1S/C27H26N2O3/c1-16(2)29(17(3)4)27(30)32-22-14-23-25(31-15-22)10-9-20-12-21-11-18-7-5-6-8-19(18)13-24(21)28-26(20)23/h5-14,16-17H,15H2,1-4H3. The SMILES string of the molecule is CC(C)N(C(=O)OC1=Cc2c(ccc3cc4cc5ccccc5cc4nc23)OC1)C(C)C. The van der Waals surface area contributed by atoms with E-state index in [1.165, 1.54) is 5.39 Å². The highest BCUT2D eigenvalue weighted by molar-refractivity contribution is 6.03. The number of fused-ring (bicyclic) bond motifs is 5. The number of carbonyl (C=O) groups is 1. The van der Waals surface area contributed by atoms with E-state index < -0.39 is 0 Å². The summed E-state index contributed by atoms with van der Waals surface area (Å²) < 4.78 is 11.6. The lowest BCUT2D eigenvalue weighted by molar-refractivity contribution is 0.0940. The normalized spacial score (nSPS) is 13.4. The average molecular weight is 427 g/mol. The van der Waals surface area contributed by atoms with Crippen LogP contribution >= 0.6 is 0 Å². The fourth-order valence-electron chi connectivity index (χ4n) is 4.45. The van der Waals surface area contributed by atoms with Crippen LogP contribution in [0.4, 0.5) is 4.79 Å². The van der Waals surface area contributed by atoms with Crippen molar-refractivity contribution in [2.75, 3.05) is 6.61 Å². The number of aromatic nitrogens is 1. The Bertz CT molecular complexity index is 1380. The molecule has 0 fully saturated rings. The fourth-order valence-corrected chi connectivity index (χ4v) is 4.45. The summed E-state index contributed by atoms with van der Waals surface area (Å²) in [6.45, 7) is 8.14. The second-order valence-electron chi connectivity index (χ2n) is 8.79. The van der Waals surface area contributed by atoms with Gasteiger partial charge in [-0.2, -0.15) is 0 Å². The molecule has 3 aromatic carbocycles. The highest BCUT2D eigenvalue weighted by Gasteiger charge is 2.25. The summed E-state index contributed by atoms with van der Waals surface area (Å²) in [5.74, 6) is 1.23. The number of ether oxygens (including phenoxy) is 2. The molecule has 0 spiro atoms. The second-order valence-corrected chi connectivity index (χ2v) is 8.79. The molecule has 1 aromatic heterocycles. The van der Waals surface area contributed by atoms with Gasteiger partial charge in [-0.05, 0) is 74.9 Å². The lowest BCUT2D eigenvalue weighted by atomic mass is 10.0. The number of nitrogens with zero attached hydrogens (tertiary/aromatic N) is 2. The fraction of sp³-hybridized carbons (Fsp3) is 0.259. The van der Waals surface area contributed by atoms with E-state index in [9.17, 15) is 4.79 Å². The average Bonchev–Trinajstić information content (AvgIpc) is 2.75. The Hall–Kier alpha value is -3.60. The Morgan fingerprint density at radius 1 is 0.938 bits per heavy atom. The topological polar surface area (TPSA) is 51.7 Å². The summed E-state index contributed by atoms with van der Waals surface area (Å²) >= 11 is 0. The second kappa shape index (κ2) is 7.83. The molecule has 5 heteroatoms. The first-order chi connectivity index (χ1) is 15.4. The van der Waals surface area contributed by atoms with Gasteiger partial charge in [-0.1, -0.05) is 24.3 Å². The minimum atomic E-state index is -0.363. The van der Waals surface area contributed by atoms with Crippen LogP contribution in [0, 0.1) is 0 Å². The summed E-state index contributed by atoms with van der Waals surface area (Å²) in [7, 11) is 0. The van der Waals surface area contributed by atoms with Gasteiger partial charge in [0.2, 0.25) is 0 Å². The first-order valence-electron chi connectivity index (χ1n) is 11.0. The molecule has 1 aliphatic rings. The van der Waals surface area contributed by atoms with Gasteiger partial charge in [-0.25, -0.2) is 9.78 Å². The van der Waals surface area contributed by atoms with E-state index in [1.54, 1.807) is 4.90 Å². The van der Waals surface area contributed by atoms with Gasteiger partial charge < -0.3 is 14.4 Å². The predicted octanol–water partition coefficient (Wildman–Crippen LogP) is 6.53. The third-order valence-electron chi connectivity index (χ3n) is 5.86. The van der Waals surface area contributed by atoms with Crippen molar-refractivity contribution in [2.45, 2.75) is 39.8 Å². The summed E-state index contributed by atoms with van der Waals surface area (Å²) in [5, 5.41) is 4.45. The van der Waals surface area contributed by atoms with E-state index in [-0.39, 0.29) is 24.8 Å². The van der Waals surface area contributed by atoms with Crippen molar-refractivity contribution < 1.29 is 14.3 Å². The van der Waals surface area contributed by atoms with E-state index in [1.807, 2.05) is 58.0 Å². The molecular weight excluding hydrogens is 400 g/mol. The third-order valence-corrected chi connectivity index (χ3v) is 5.86. The molecule has 0 atom stereocenters. The monoisotopic (exact) mass is 426 g/mol. The van der Waals surface area contributed by atoms with Gasteiger partial charge in [0.05, 0.1) is 11.0 Å². The van der Waals surface area contributed by atoms with Crippen LogP contribution in [0.15, 0.2) is 60.4 Å². The van der Waals surface area contributed by atoms with Gasteiger partial charge in [-0.3, -0.25) is 0 Å². The summed E-state index contributed by atoms with van der Waals surface area (Å²) in [5.41, 5.74) is 2.60. The molecule has 0 unspecified atom stereocenters. The quantitative estimate of drug-likeness (QED) is 0.350. The molecule has 2 heterocycles. The third kappa shape index (κ3) is 3.54. The number of hydrogen-bond acceptors (Lipinski definition) is 4. The van der Waals surface area contributed by atoms with Gasteiger partial charge in [0.1, 0.15) is 18.1 Å². The van der Waals surface area contributed by atoms with Crippen LogP contribution in [0.5, 0.6) is 5.75 Å². The summed E-state index contributed by atoms with van der Waals surface area (Å²) in [6.07, 6.45) is 1.52. The number of amides is 1. The van der Waals surface area contributed by atoms with Crippen LogP contribution in [-0.4, -0.2) is 34.7 Å². The number of pyridine rings is 1. The van der Waals surface area contributed by atoms with Crippen LogP contribution in [0.2, 0.25) is 0 Å². The molecule has 0 bridgehead atoms. The zero-order chi connectivity index (χ0) is 22.4. The Kier molecular flexibility index (Phi) is 4.97. The van der Waals surface area contributed by atoms with Crippen LogP contribution in [0.3, 0.4) is 0 Å². The summed E-state index contributed by atoms with van der Waals surface area (Å²) in [4.78, 5) is 19.5. The van der Waals surface area contributed by atoms with Crippen molar-refractivity contribution in [1.82, 2.24) is 9.88 Å². The number of hydrogen-bond donors (Lipinski definition) is 0. The van der Waals surface area contributed by atoms with E-state index in [4.69, 9.17) is 14.5 Å². The Balaban J connectivity index is 1.58. The molecule has 0 saturated carbocycles. The van der Waals surface area contributed by atoms with Gasteiger partial charge in [0.25, 0.3) is 0 Å². The van der Waals surface area contributed by atoms with Crippen molar-refractivity contribution in [3.05, 3.63) is 65.9 Å². The molecule has 162 valence electrons.